The van der Waals surface area contributed by atoms with Gasteiger partial charge in [0.25, 0.3) is 0 Å². The molecular formula is C15H17FN2O. The van der Waals surface area contributed by atoms with E-state index in [9.17, 15) is 4.39 Å². The number of anilines is 1. The Kier molecular flexibility index (Phi) is 4.34. The molecule has 0 aliphatic carbocycles. The van der Waals surface area contributed by atoms with Gasteiger partial charge in [-0.05, 0) is 38.1 Å². The van der Waals surface area contributed by atoms with Crippen molar-refractivity contribution in [2.75, 3.05) is 11.9 Å². The van der Waals surface area contributed by atoms with Crippen LogP contribution in [-0.2, 0) is 0 Å². The molecule has 2 rings (SSSR count). The molecule has 19 heavy (non-hydrogen) atoms. The molecule has 1 aromatic heterocycles. The summed E-state index contributed by atoms with van der Waals surface area (Å²) in [5, 5.41) is 3.28. The molecule has 1 atom stereocenters. The van der Waals surface area contributed by atoms with Gasteiger partial charge in [-0.3, -0.25) is 4.98 Å². The Balaban J connectivity index is 2.18. The molecule has 1 N–H and O–H groups in total. The van der Waals surface area contributed by atoms with Gasteiger partial charge in [-0.2, -0.15) is 0 Å². The second-order valence-electron chi connectivity index (χ2n) is 4.19. The molecule has 0 saturated heterocycles. The lowest BCUT2D eigenvalue weighted by Crippen LogP contribution is -2.09. The first kappa shape index (κ1) is 13.3. The predicted octanol–water partition coefficient (Wildman–Crippen LogP) is 3.79. The maximum Gasteiger partial charge on any atom is 0.145 e. The summed E-state index contributed by atoms with van der Waals surface area (Å²) in [6.07, 6.45) is 1.75. The number of hydrogen-bond acceptors (Lipinski definition) is 3. The van der Waals surface area contributed by atoms with E-state index in [-0.39, 0.29) is 11.9 Å². The molecule has 0 saturated carbocycles. The second kappa shape index (κ2) is 6.18. The van der Waals surface area contributed by atoms with Gasteiger partial charge < -0.3 is 10.1 Å². The molecule has 100 valence electrons. The Labute approximate surface area is 112 Å². The van der Waals surface area contributed by atoms with Crippen molar-refractivity contribution in [1.29, 1.82) is 0 Å². The highest BCUT2D eigenvalue weighted by molar-refractivity contribution is 5.57. The van der Waals surface area contributed by atoms with Crippen LogP contribution in [0.1, 0.15) is 25.6 Å². The minimum Gasteiger partial charge on any atom is -0.492 e. The van der Waals surface area contributed by atoms with Crippen LogP contribution < -0.4 is 10.1 Å². The summed E-state index contributed by atoms with van der Waals surface area (Å²) >= 11 is 0. The molecule has 1 heterocycles. The zero-order valence-corrected chi connectivity index (χ0v) is 11.1. The van der Waals surface area contributed by atoms with Crippen LogP contribution in [0.3, 0.4) is 0 Å². The molecule has 0 radical (unpaired) electrons. The van der Waals surface area contributed by atoms with Crippen LogP contribution in [0.2, 0.25) is 0 Å². The molecule has 0 fully saturated rings. The number of hydrogen-bond donors (Lipinski definition) is 1. The summed E-state index contributed by atoms with van der Waals surface area (Å²) in [5.41, 5.74) is 1.69. The normalized spacial score (nSPS) is 11.9. The van der Waals surface area contributed by atoms with Gasteiger partial charge in [-0.1, -0.05) is 6.07 Å². The lowest BCUT2D eigenvalue weighted by Gasteiger charge is -2.17. The highest BCUT2D eigenvalue weighted by Gasteiger charge is 2.10. The van der Waals surface area contributed by atoms with Crippen LogP contribution in [-0.4, -0.2) is 11.6 Å². The topological polar surface area (TPSA) is 34.1 Å². The van der Waals surface area contributed by atoms with E-state index in [2.05, 4.69) is 10.3 Å². The number of ether oxygens (including phenoxy) is 1. The fraction of sp³-hybridized carbons (Fsp3) is 0.267. The van der Waals surface area contributed by atoms with E-state index < -0.39 is 0 Å². The third-order valence-corrected chi connectivity index (χ3v) is 2.75. The smallest absolute Gasteiger partial charge is 0.145 e. The van der Waals surface area contributed by atoms with Gasteiger partial charge in [0.15, 0.2) is 0 Å². The van der Waals surface area contributed by atoms with Crippen molar-refractivity contribution in [3.05, 3.63) is 54.1 Å². The van der Waals surface area contributed by atoms with E-state index in [1.165, 1.54) is 12.1 Å². The molecule has 1 unspecified atom stereocenters. The van der Waals surface area contributed by atoms with Crippen molar-refractivity contribution >= 4 is 5.69 Å². The van der Waals surface area contributed by atoms with E-state index >= 15 is 0 Å². The maximum absolute atomic E-state index is 13.2. The van der Waals surface area contributed by atoms with Gasteiger partial charge in [0.1, 0.15) is 11.6 Å². The Morgan fingerprint density at radius 1 is 1.32 bits per heavy atom. The van der Waals surface area contributed by atoms with Crippen LogP contribution in [0.4, 0.5) is 10.1 Å². The van der Waals surface area contributed by atoms with Crippen LogP contribution in [0.25, 0.3) is 0 Å². The summed E-state index contributed by atoms with van der Waals surface area (Å²) in [4.78, 5) is 4.29. The van der Waals surface area contributed by atoms with Crippen molar-refractivity contribution in [1.82, 2.24) is 4.98 Å². The number of nitrogens with one attached hydrogen (secondary N) is 1. The molecular weight excluding hydrogens is 243 g/mol. The van der Waals surface area contributed by atoms with Crippen molar-refractivity contribution < 1.29 is 9.13 Å². The lowest BCUT2D eigenvalue weighted by molar-refractivity contribution is 0.339. The summed E-state index contributed by atoms with van der Waals surface area (Å²) in [6.45, 7) is 4.37. The molecule has 0 spiro atoms. The van der Waals surface area contributed by atoms with Gasteiger partial charge >= 0.3 is 0 Å². The van der Waals surface area contributed by atoms with Gasteiger partial charge in [0.05, 0.1) is 24.0 Å². The zero-order valence-electron chi connectivity index (χ0n) is 11.1. The Bertz CT molecular complexity index is 531. The number of aromatic nitrogens is 1. The summed E-state index contributed by atoms with van der Waals surface area (Å²) in [7, 11) is 0. The highest BCUT2D eigenvalue weighted by Crippen LogP contribution is 2.28. The van der Waals surface area contributed by atoms with Gasteiger partial charge in [-0.25, -0.2) is 4.39 Å². The van der Waals surface area contributed by atoms with Gasteiger partial charge in [0, 0.05) is 12.3 Å². The standard InChI is InChI=1S/C15H17FN2O/c1-3-19-15-10-12(16)7-8-14(15)18-11(2)13-6-4-5-9-17-13/h4-11,18H,3H2,1-2H3. The first-order valence-corrected chi connectivity index (χ1v) is 6.30. The molecule has 0 aliphatic heterocycles. The van der Waals surface area contributed by atoms with E-state index in [1.807, 2.05) is 32.0 Å². The fourth-order valence-electron chi connectivity index (χ4n) is 1.83. The largest absolute Gasteiger partial charge is 0.492 e. The zero-order chi connectivity index (χ0) is 13.7. The van der Waals surface area contributed by atoms with Crippen LogP contribution in [0.5, 0.6) is 5.75 Å². The van der Waals surface area contributed by atoms with Gasteiger partial charge in [-0.15, -0.1) is 0 Å². The molecule has 3 nitrogen and oxygen atoms in total. The van der Waals surface area contributed by atoms with Crippen LogP contribution in [0.15, 0.2) is 42.6 Å². The average Bonchev–Trinajstić information content (AvgIpc) is 2.43. The SMILES string of the molecule is CCOc1cc(F)ccc1NC(C)c1ccccn1. The average molecular weight is 260 g/mol. The van der Waals surface area contributed by atoms with E-state index in [0.717, 1.165) is 11.4 Å². The minimum absolute atomic E-state index is 0.0193. The maximum atomic E-state index is 13.2. The lowest BCUT2D eigenvalue weighted by atomic mass is 10.2. The van der Waals surface area contributed by atoms with Crippen molar-refractivity contribution in [2.45, 2.75) is 19.9 Å². The van der Waals surface area contributed by atoms with Crippen LogP contribution in [0, 0.1) is 5.82 Å². The number of benzene rings is 1. The first-order chi connectivity index (χ1) is 9.20. The third kappa shape index (κ3) is 3.44. The first-order valence-electron chi connectivity index (χ1n) is 6.30. The fourth-order valence-corrected chi connectivity index (χ4v) is 1.83. The summed E-state index contributed by atoms with van der Waals surface area (Å²) in [5.74, 6) is 0.213. The second-order valence-corrected chi connectivity index (χ2v) is 4.19. The molecule has 4 heteroatoms. The monoisotopic (exact) mass is 260 g/mol. The molecule has 0 amide bonds. The van der Waals surface area contributed by atoms with Crippen molar-refractivity contribution in [2.24, 2.45) is 0 Å². The Morgan fingerprint density at radius 3 is 2.84 bits per heavy atom. The van der Waals surface area contributed by atoms with E-state index in [4.69, 9.17) is 4.74 Å². The number of rotatable bonds is 5. The molecule has 1 aromatic carbocycles. The van der Waals surface area contributed by atoms with Crippen LogP contribution >= 0.6 is 0 Å². The summed E-state index contributed by atoms with van der Waals surface area (Å²) < 4.78 is 18.6. The quantitative estimate of drug-likeness (QED) is 0.888. The molecule has 2 aromatic rings. The van der Waals surface area contributed by atoms with E-state index in [0.29, 0.717) is 12.4 Å². The third-order valence-electron chi connectivity index (χ3n) is 2.75. The highest BCUT2D eigenvalue weighted by atomic mass is 19.1. The van der Waals surface area contributed by atoms with Gasteiger partial charge in [0.2, 0.25) is 0 Å². The number of pyridine rings is 1. The summed E-state index contributed by atoms with van der Waals surface area (Å²) in [6, 6.07) is 10.3. The number of halogens is 1. The number of nitrogens with zero attached hydrogens (tertiary/aromatic N) is 1. The molecule has 0 aliphatic rings. The Hall–Kier alpha value is -2.10. The minimum atomic E-state index is -0.306. The van der Waals surface area contributed by atoms with E-state index in [1.54, 1.807) is 12.3 Å². The predicted molar refractivity (Wildman–Crippen MR) is 73.8 cm³/mol. The molecule has 0 bridgehead atoms. The Morgan fingerprint density at radius 2 is 2.16 bits per heavy atom. The van der Waals surface area contributed by atoms with Crippen molar-refractivity contribution in [3.8, 4) is 5.75 Å². The van der Waals surface area contributed by atoms with Crippen molar-refractivity contribution in [3.63, 3.8) is 0 Å².